The minimum absolute atomic E-state index is 0.627. The van der Waals surface area contributed by atoms with Crippen LogP contribution in [0.25, 0.3) is 0 Å². The minimum Gasteiger partial charge on any atom is -0.0654 e. The highest BCUT2D eigenvalue weighted by Crippen LogP contribution is 2.45. The lowest BCUT2D eigenvalue weighted by molar-refractivity contribution is 0.179. The lowest BCUT2D eigenvalue weighted by Gasteiger charge is -2.37. The molecule has 0 unspecified atom stereocenters. The van der Waals surface area contributed by atoms with E-state index in [2.05, 4.69) is 45.0 Å². The molecule has 0 nitrogen and oxygen atoms in total. The van der Waals surface area contributed by atoms with Crippen LogP contribution in [0, 0.1) is 17.3 Å². The van der Waals surface area contributed by atoms with Crippen LogP contribution < -0.4 is 0 Å². The number of hydrogen-bond acceptors (Lipinski definition) is 0. The number of unbranched alkanes of at least 4 members (excludes halogenated alkanes) is 2. The van der Waals surface area contributed by atoms with E-state index in [0.717, 1.165) is 17.8 Å². The van der Waals surface area contributed by atoms with Crippen molar-refractivity contribution in [3.05, 3.63) is 35.4 Å². The summed E-state index contributed by atoms with van der Waals surface area (Å²) in [6.45, 7) is 7.20. The SMILES string of the molecule is CCCCC1(C)CCC(c2ccc(CC[C@H]3CC[C@H](CCCC)CC3)cc2)CC1. The van der Waals surface area contributed by atoms with Gasteiger partial charge in [-0.2, -0.15) is 0 Å². The van der Waals surface area contributed by atoms with Crippen LogP contribution in [-0.4, -0.2) is 0 Å². The summed E-state index contributed by atoms with van der Waals surface area (Å²) in [6.07, 6.45) is 22.9. The maximum Gasteiger partial charge on any atom is -0.0162 e. The van der Waals surface area contributed by atoms with Crippen molar-refractivity contribution < 1.29 is 0 Å². The van der Waals surface area contributed by atoms with Gasteiger partial charge >= 0.3 is 0 Å². The van der Waals surface area contributed by atoms with Crippen molar-refractivity contribution in [1.29, 1.82) is 0 Å². The van der Waals surface area contributed by atoms with Crippen molar-refractivity contribution in [3.8, 4) is 0 Å². The van der Waals surface area contributed by atoms with E-state index in [9.17, 15) is 0 Å². The van der Waals surface area contributed by atoms with E-state index in [1.165, 1.54) is 103 Å². The van der Waals surface area contributed by atoms with Crippen LogP contribution >= 0.6 is 0 Å². The van der Waals surface area contributed by atoms with Crippen molar-refractivity contribution in [3.63, 3.8) is 0 Å². The molecule has 3 rings (SSSR count). The first-order valence-electron chi connectivity index (χ1n) is 13.2. The Balaban J connectivity index is 1.39. The first-order chi connectivity index (χ1) is 14.1. The average molecular weight is 397 g/mol. The Morgan fingerprint density at radius 2 is 1.34 bits per heavy atom. The first-order valence-corrected chi connectivity index (χ1v) is 13.2. The van der Waals surface area contributed by atoms with Gasteiger partial charge in [-0.25, -0.2) is 0 Å². The fourth-order valence-corrected chi connectivity index (χ4v) is 6.13. The lowest BCUT2D eigenvalue weighted by atomic mass is 9.68. The molecule has 2 saturated carbocycles. The monoisotopic (exact) mass is 396 g/mol. The molecule has 0 heteroatoms. The number of aryl methyl sites for hydroxylation is 1. The third-order valence-corrected chi connectivity index (χ3v) is 8.55. The standard InChI is InChI=1S/C29H48/c1-4-6-8-24-9-11-25(12-10-24)13-14-26-15-17-27(18-16-26)28-19-22-29(3,23-20-28)21-7-5-2/h15-18,24-25,28H,4-14,19-23H2,1-3H3/t24-,25-,28?,29?. The molecule has 0 radical (unpaired) electrons. The van der Waals surface area contributed by atoms with E-state index in [4.69, 9.17) is 0 Å². The van der Waals surface area contributed by atoms with Gasteiger partial charge < -0.3 is 0 Å². The fraction of sp³-hybridized carbons (Fsp3) is 0.793. The average Bonchev–Trinajstić information content (AvgIpc) is 2.76. The molecule has 0 spiro atoms. The molecular formula is C29H48. The van der Waals surface area contributed by atoms with Crippen LogP contribution in [0.3, 0.4) is 0 Å². The van der Waals surface area contributed by atoms with Gasteiger partial charge in [-0.3, -0.25) is 0 Å². The Bertz CT molecular complexity index is 552. The molecule has 164 valence electrons. The van der Waals surface area contributed by atoms with Gasteiger partial charge in [-0.15, -0.1) is 0 Å². The maximum atomic E-state index is 2.54. The summed E-state index contributed by atoms with van der Waals surface area (Å²) in [6, 6.07) is 9.84. The van der Waals surface area contributed by atoms with Gasteiger partial charge in [0, 0.05) is 0 Å². The van der Waals surface area contributed by atoms with Gasteiger partial charge in [0.15, 0.2) is 0 Å². The van der Waals surface area contributed by atoms with E-state index in [1.807, 2.05) is 0 Å². The van der Waals surface area contributed by atoms with Crippen LogP contribution in [0.4, 0.5) is 0 Å². The van der Waals surface area contributed by atoms with Crippen molar-refractivity contribution in [1.82, 2.24) is 0 Å². The molecule has 1 aromatic rings. The quantitative estimate of drug-likeness (QED) is 0.369. The molecule has 2 fully saturated rings. The highest BCUT2D eigenvalue weighted by molar-refractivity contribution is 5.26. The third kappa shape index (κ3) is 7.15. The van der Waals surface area contributed by atoms with E-state index in [1.54, 1.807) is 11.1 Å². The number of hydrogen-bond donors (Lipinski definition) is 0. The molecule has 1 aromatic carbocycles. The van der Waals surface area contributed by atoms with Crippen LogP contribution in [0.15, 0.2) is 24.3 Å². The minimum atomic E-state index is 0.627. The molecule has 0 atom stereocenters. The molecule has 0 aliphatic heterocycles. The second kappa shape index (κ2) is 11.6. The van der Waals surface area contributed by atoms with Gasteiger partial charge in [0.25, 0.3) is 0 Å². The highest BCUT2D eigenvalue weighted by atomic mass is 14.4. The molecular weight excluding hydrogens is 348 g/mol. The zero-order valence-electron chi connectivity index (χ0n) is 19.9. The fourth-order valence-electron chi connectivity index (χ4n) is 6.13. The van der Waals surface area contributed by atoms with Gasteiger partial charge in [0.05, 0.1) is 0 Å². The summed E-state index contributed by atoms with van der Waals surface area (Å²) < 4.78 is 0. The summed E-state index contributed by atoms with van der Waals surface area (Å²) in [5.41, 5.74) is 3.82. The van der Waals surface area contributed by atoms with Gasteiger partial charge in [0.2, 0.25) is 0 Å². The Kier molecular flexibility index (Phi) is 9.13. The van der Waals surface area contributed by atoms with E-state index in [0.29, 0.717) is 5.41 Å². The molecule has 2 aliphatic carbocycles. The highest BCUT2D eigenvalue weighted by Gasteiger charge is 2.31. The topological polar surface area (TPSA) is 0 Å². The normalized spacial score (nSPS) is 30.4. The predicted molar refractivity (Wildman–Crippen MR) is 129 cm³/mol. The molecule has 0 aromatic heterocycles. The Hall–Kier alpha value is -0.780. The Morgan fingerprint density at radius 1 is 0.759 bits per heavy atom. The first kappa shape index (κ1) is 22.9. The Labute approximate surface area is 182 Å². The van der Waals surface area contributed by atoms with Crippen molar-refractivity contribution in [2.24, 2.45) is 17.3 Å². The summed E-state index contributed by atoms with van der Waals surface area (Å²) in [5.74, 6) is 2.86. The van der Waals surface area contributed by atoms with E-state index >= 15 is 0 Å². The van der Waals surface area contributed by atoms with Crippen molar-refractivity contribution in [2.45, 2.75) is 129 Å². The van der Waals surface area contributed by atoms with Gasteiger partial charge in [0.1, 0.15) is 0 Å². The molecule has 0 amide bonds. The van der Waals surface area contributed by atoms with Crippen LogP contribution in [0.1, 0.15) is 134 Å². The second-order valence-electron chi connectivity index (χ2n) is 11.0. The number of benzene rings is 1. The summed E-state index contributed by atoms with van der Waals surface area (Å²) >= 11 is 0. The summed E-state index contributed by atoms with van der Waals surface area (Å²) in [7, 11) is 0. The second-order valence-corrected chi connectivity index (χ2v) is 11.0. The van der Waals surface area contributed by atoms with Crippen molar-refractivity contribution >= 4 is 0 Å². The molecule has 0 heterocycles. The van der Waals surface area contributed by atoms with E-state index < -0.39 is 0 Å². The smallest absolute Gasteiger partial charge is 0.0162 e. The maximum absolute atomic E-state index is 2.54. The lowest BCUT2D eigenvalue weighted by Crippen LogP contribution is -2.23. The van der Waals surface area contributed by atoms with Crippen molar-refractivity contribution in [2.75, 3.05) is 0 Å². The molecule has 2 aliphatic rings. The van der Waals surface area contributed by atoms with Crippen LogP contribution in [-0.2, 0) is 6.42 Å². The van der Waals surface area contributed by atoms with E-state index in [-0.39, 0.29) is 0 Å². The number of rotatable bonds is 10. The van der Waals surface area contributed by atoms with Gasteiger partial charge in [-0.1, -0.05) is 103 Å². The Morgan fingerprint density at radius 3 is 1.93 bits per heavy atom. The zero-order chi connectivity index (χ0) is 20.5. The molecule has 0 saturated heterocycles. The molecule has 0 N–H and O–H groups in total. The summed E-state index contributed by atoms with van der Waals surface area (Å²) in [4.78, 5) is 0. The zero-order valence-corrected chi connectivity index (χ0v) is 19.9. The van der Waals surface area contributed by atoms with Gasteiger partial charge in [-0.05, 0) is 79.2 Å². The predicted octanol–water partition coefficient (Wildman–Crippen LogP) is 9.47. The van der Waals surface area contributed by atoms with Crippen LogP contribution in [0.5, 0.6) is 0 Å². The summed E-state index contributed by atoms with van der Waals surface area (Å²) in [5, 5.41) is 0. The third-order valence-electron chi connectivity index (χ3n) is 8.55. The molecule has 29 heavy (non-hydrogen) atoms. The largest absolute Gasteiger partial charge is 0.0654 e. The molecule has 0 bridgehead atoms. The van der Waals surface area contributed by atoms with Crippen LogP contribution in [0.2, 0.25) is 0 Å².